The highest BCUT2D eigenvalue weighted by atomic mass is 32.2. The number of benzene rings is 1. The van der Waals surface area contributed by atoms with E-state index in [0.29, 0.717) is 30.1 Å². The standard InChI is InChI=1S/C30H47N3O6S/c1-10-22-12-11-13-23(18-22)26(27(35)31-19-25(34)38-8)33(21(4)15-14-20(2)3)28(36)24(16-17-40-9)32-29(37)39-30(5,6)7/h10-13,18,20-21,24,26H,1,14-17,19H2,2-9H3,(H,31,35)(H,32,37). The van der Waals surface area contributed by atoms with Gasteiger partial charge in [-0.15, -0.1) is 0 Å². The van der Waals surface area contributed by atoms with Crippen LogP contribution in [0.5, 0.6) is 0 Å². The molecular weight excluding hydrogens is 530 g/mol. The summed E-state index contributed by atoms with van der Waals surface area (Å²) in [4.78, 5) is 54.3. The van der Waals surface area contributed by atoms with Crippen molar-refractivity contribution in [3.63, 3.8) is 0 Å². The molecule has 2 N–H and O–H groups in total. The number of carbonyl (C=O) groups excluding carboxylic acids is 4. The van der Waals surface area contributed by atoms with E-state index in [9.17, 15) is 19.2 Å². The van der Waals surface area contributed by atoms with Crippen molar-refractivity contribution < 1.29 is 28.7 Å². The molecule has 0 saturated heterocycles. The van der Waals surface area contributed by atoms with Crippen LogP contribution in [0.15, 0.2) is 30.8 Å². The van der Waals surface area contributed by atoms with Gasteiger partial charge in [0, 0.05) is 6.04 Å². The van der Waals surface area contributed by atoms with Crippen molar-refractivity contribution in [2.45, 2.75) is 84.5 Å². The van der Waals surface area contributed by atoms with Crippen molar-refractivity contribution in [3.8, 4) is 0 Å². The maximum absolute atomic E-state index is 14.4. The minimum Gasteiger partial charge on any atom is -0.468 e. The first-order valence-electron chi connectivity index (χ1n) is 13.6. The third kappa shape index (κ3) is 12.0. The van der Waals surface area contributed by atoms with Crippen LogP contribution in [-0.2, 0) is 23.9 Å². The molecule has 0 fully saturated rings. The number of hydrogen-bond acceptors (Lipinski definition) is 7. The fourth-order valence-electron chi connectivity index (χ4n) is 4.06. The third-order valence-electron chi connectivity index (χ3n) is 6.11. The lowest BCUT2D eigenvalue weighted by Gasteiger charge is -2.39. The fraction of sp³-hybridized carbons (Fsp3) is 0.600. The molecule has 1 aromatic rings. The summed E-state index contributed by atoms with van der Waals surface area (Å²) < 4.78 is 10.1. The summed E-state index contributed by atoms with van der Waals surface area (Å²) in [6, 6.07) is 4.83. The minimum atomic E-state index is -1.07. The van der Waals surface area contributed by atoms with Gasteiger partial charge >= 0.3 is 12.1 Å². The average molecular weight is 578 g/mol. The first-order valence-corrected chi connectivity index (χ1v) is 15.0. The lowest BCUT2D eigenvalue weighted by molar-refractivity contribution is -0.146. The average Bonchev–Trinajstić information content (AvgIpc) is 2.89. The Morgan fingerprint density at radius 2 is 1.77 bits per heavy atom. The van der Waals surface area contributed by atoms with Crippen LogP contribution in [-0.4, -0.2) is 72.1 Å². The van der Waals surface area contributed by atoms with Crippen molar-refractivity contribution in [3.05, 3.63) is 42.0 Å². The Kier molecular flexibility index (Phi) is 14.8. The zero-order chi connectivity index (χ0) is 30.5. The molecule has 0 bridgehead atoms. The van der Waals surface area contributed by atoms with Gasteiger partial charge in [0.2, 0.25) is 11.8 Å². The molecule has 0 saturated carbocycles. The van der Waals surface area contributed by atoms with Crippen LogP contribution in [0.4, 0.5) is 4.79 Å². The summed E-state index contributed by atoms with van der Waals surface area (Å²) in [6.45, 7) is 14.8. The summed E-state index contributed by atoms with van der Waals surface area (Å²) in [5.41, 5.74) is 0.588. The molecule has 9 nitrogen and oxygen atoms in total. The zero-order valence-electron chi connectivity index (χ0n) is 25.2. The first kappa shape index (κ1) is 35.0. The molecule has 40 heavy (non-hydrogen) atoms. The lowest BCUT2D eigenvalue weighted by Crippen LogP contribution is -2.56. The number of methoxy groups -OCH3 is 1. The summed E-state index contributed by atoms with van der Waals surface area (Å²) in [5.74, 6) is -0.564. The van der Waals surface area contributed by atoms with E-state index in [2.05, 4.69) is 31.1 Å². The van der Waals surface area contributed by atoms with Crippen LogP contribution in [0, 0.1) is 5.92 Å². The number of rotatable bonds is 15. The van der Waals surface area contributed by atoms with Gasteiger partial charge in [-0.25, -0.2) is 4.79 Å². The molecule has 0 aliphatic carbocycles. The van der Waals surface area contributed by atoms with Crippen molar-refractivity contribution in [2.24, 2.45) is 5.92 Å². The first-order chi connectivity index (χ1) is 18.7. The van der Waals surface area contributed by atoms with E-state index in [1.165, 1.54) is 7.11 Å². The number of amides is 3. The van der Waals surface area contributed by atoms with Gasteiger partial charge in [0.1, 0.15) is 24.2 Å². The van der Waals surface area contributed by atoms with Gasteiger partial charge in [-0.3, -0.25) is 14.4 Å². The third-order valence-corrected chi connectivity index (χ3v) is 6.76. The Hall–Kier alpha value is -3.01. The summed E-state index contributed by atoms with van der Waals surface area (Å²) in [5, 5.41) is 5.38. The molecule has 3 unspecified atom stereocenters. The topological polar surface area (TPSA) is 114 Å². The molecule has 0 aromatic heterocycles. The van der Waals surface area contributed by atoms with Crippen LogP contribution in [0.2, 0.25) is 0 Å². The van der Waals surface area contributed by atoms with Crippen LogP contribution in [0.3, 0.4) is 0 Å². The van der Waals surface area contributed by atoms with Crippen molar-refractivity contribution in [2.75, 3.05) is 25.7 Å². The Bertz CT molecular complexity index is 1010. The van der Waals surface area contributed by atoms with Crippen LogP contribution >= 0.6 is 11.8 Å². The molecule has 3 amide bonds. The molecule has 10 heteroatoms. The maximum Gasteiger partial charge on any atom is 0.408 e. The van der Waals surface area contributed by atoms with E-state index in [4.69, 9.17) is 9.47 Å². The lowest BCUT2D eigenvalue weighted by atomic mass is 9.96. The second-order valence-electron chi connectivity index (χ2n) is 11.1. The summed E-state index contributed by atoms with van der Waals surface area (Å²) in [6.07, 6.45) is 4.67. The molecule has 224 valence electrons. The van der Waals surface area contributed by atoms with Gasteiger partial charge in [0.05, 0.1) is 7.11 Å². The molecule has 1 rings (SSSR count). The highest BCUT2D eigenvalue weighted by molar-refractivity contribution is 7.98. The van der Waals surface area contributed by atoms with E-state index >= 15 is 0 Å². The van der Waals surface area contributed by atoms with Gasteiger partial charge in [0.15, 0.2) is 0 Å². The number of nitrogens with zero attached hydrogens (tertiary/aromatic N) is 1. The highest BCUT2D eigenvalue weighted by Gasteiger charge is 2.39. The highest BCUT2D eigenvalue weighted by Crippen LogP contribution is 2.29. The van der Waals surface area contributed by atoms with E-state index in [1.807, 2.05) is 19.2 Å². The van der Waals surface area contributed by atoms with Crippen LogP contribution < -0.4 is 10.6 Å². The second-order valence-corrected chi connectivity index (χ2v) is 12.1. The van der Waals surface area contributed by atoms with Gasteiger partial charge in [-0.2, -0.15) is 11.8 Å². The number of alkyl carbamates (subject to hydrolysis) is 1. The molecule has 0 heterocycles. The van der Waals surface area contributed by atoms with Crippen LogP contribution in [0.1, 0.15) is 78.0 Å². The molecule has 0 aliphatic rings. The predicted molar refractivity (Wildman–Crippen MR) is 161 cm³/mol. The normalized spacial score (nSPS) is 13.5. The van der Waals surface area contributed by atoms with Crippen molar-refractivity contribution in [1.29, 1.82) is 0 Å². The quantitative estimate of drug-likeness (QED) is 0.283. The Morgan fingerprint density at radius 1 is 1.10 bits per heavy atom. The van der Waals surface area contributed by atoms with Crippen molar-refractivity contribution >= 4 is 41.7 Å². The van der Waals surface area contributed by atoms with E-state index in [1.54, 1.807) is 61.7 Å². The number of thioether (sulfide) groups is 1. The largest absolute Gasteiger partial charge is 0.468 e. The Labute approximate surface area is 243 Å². The van der Waals surface area contributed by atoms with E-state index in [-0.39, 0.29) is 12.6 Å². The second kappa shape index (κ2) is 16.9. The van der Waals surface area contributed by atoms with E-state index < -0.39 is 41.6 Å². The SMILES string of the molecule is C=Cc1cccc(C(C(=O)NCC(=O)OC)N(C(=O)C(CCSC)NC(=O)OC(C)(C)C)C(C)CCC(C)C)c1. The van der Waals surface area contributed by atoms with Gasteiger partial charge in [-0.05, 0) is 82.1 Å². The number of nitrogens with one attached hydrogen (secondary N) is 2. The number of esters is 1. The van der Waals surface area contributed by atoms with Crippen molar-refractivity contribution in [1.82, 2.24) is 15.5 Å². The minimum absolute atomic E-state index is 0.343. The van der Waals surface area contributed by atoms with Gasteiger partial charge in [0.25, 0.3) is 0 Å². The van der Waals surface area contributed by atoms with Crippen LogP contribution in [0.25, 0.3) is 6.08 Å². The Morgan fingerprint density at radius 3 is 2.33 bits per heavy atom. The molecule has 1 aromatic carbocycles. The molecular formula is C30H47N3O6S. The predicted octanol–water partition coefficient (Wildman–Crippen LogP) is 4.96. The molecule has 0 radical (unpaired) electrons. The smallest absolute Gasteiger partial charge is 0.408 e. The fourth-order valence-corrected chi connectivity index (χ4v) is 4.53. The Balaban J connectivity index is 3.65. The maximum atomic E-state index is 14.4. The molecule has 0 spiro atoms. The molecule has 0 aliphatic heterocycles. The van der Waals surface area contributed by atoms with E-state index in [0.717, 1.165) is 12.0 Å². The summed E-state index contributed by atoms with van der Waals surface area (Å²) >= 11 is 1.55. The monoisotopic (exact) mass is 577 g/mol. The number of ether oxygens (including phenoxy) is 2. The molecule has 3 atom stereocenters. The van der Waals surface area contributed by atoms with Gasteiger partial charge < -0.3 is 25.0 Å². The number of carbonyl (C=O) groups is 4. The number of hydrogen-bond donors (Lipinski definition) is 2. The zero-order valence-corrected chi connectivity index (χ0v) is 26.1. The van der Waals surface area contributed by atoms with Gasteiger partial charge in [-0.1, -0.05) is 44.7 Å². The summed E-state index contributed by atoms with van der Waals surface area (Å²) in [7, 11) is 1.24.